The Kier molecular flexibility index (Phi) is 4.08. The monoisotopic (exact) mass is 307 g/mol. The molecule has 0 radical (unpaired) electrons. The lowest BCUT2D eigenvalue weighted by atomic mass is 10.2. The predicted octanol–water partition coefficient (Wildman–Crippen LogP) is 1.62. The number of nitrogens with zero attached hydrogens (tertiary/aromatic N) is 1. The molecule has 0 amide bonds. The SMILES string of the molecule is Cc1[nH]ncc1S(=O)(=O)Nc1ccc(/C=C/C(=O)O)cc1. The molecule has 0 spiro atoms. The summed E-state index contributed by atoms with van der Waals surface area (Å²) >= 11 is 0. The fourth-order valence-electron chi connectivity index (χ4n) is 1.65. The second kappa shape index (κ2) is 5.80. The molecule has 1 aromatic carbocycles. The number of rotatable bonds is 5. The Labute approximate surface area is 121 Å². The van der Waals surface area contributed by atoms with Gasteiger partial charge in [-0.25, -0.2) is 13.2 Å². The largest absolute Gasteiger partial charge is 0.478 e. The van der Waals surface area contributed by atoms with Crippen molar-refractivity contribution in [1.29, 1.82) is 0 Å². The van der Waals surface area contributed by atoms with Crippen LogP contribution in [0.4, 0.5) is 5.69 Å². The lowest BCUT2D eigenvalue weighted by Crippen LogP contribution is -2.13. The molecule has 0 bridgehead atoms. The van der Waals surface area contributed by atoms with Gasteiger partial charge in [0.15, 0.2) is 0 Å². The van der Waals surface area contributed by atoms with Gasteiger partial charge >= 0.3 is 5.97 Å². The van der Waals surface area contributed by atoms with E-state index in [2.05, 4.69) is 14.9 Å². The number of nitrogens with one attached hydrogen (secondary N) is 2. The lowest BCUT2D eigenvalue weighted by Gasteiger charge is -2.07. The fourth-order valence-corrected chi connectivity index (χ4v) is 2.85. The summed E-state index contributed by atoms with van der Waals surface area (Å²) in [4.78, 5) is 10.5. The fraction of sp³-hybridized carbons (Fsp3) is 0.0769. The highest BCUT2D eigenvalue weighted by molar-refractivity contribution is 7.92. The van der Waals surface area contributed by atoms with Crippen molar-refractivity contribution in [3.8, 4) is 0 Å². The van der Waals surface area contributed by atoms with Crippen LogP contribution in [0.1, 0.15) is 11.3 Å². The minimum absolute atomic E-state index is 0.0809. The van der Waals surface area contributed by atoms with E-state index in [1.165, 1.54) is 12.3 Å². The van der Waals surface area contributed by atoms with E-state index in [1.807, 2.05) is 0 Å². The first-order valence-electron chi connectivity index (χ1n) is 5.92. The van der Waals surface area contributed by atoms with Gasteiger partial charge < -0.3 is 5.11 Å². The summed E-state index contributed by atoms with van der Waals surface area (Å²) in [5, 5.41) is 14.8. The highest BCUT2D eigenvalue weighted by Crippen LogP contribution is 2.18. The van der Waals surface area contributed by atoms with Crippen LogP contribution in [-0.4, -0.2) is 29.7 Å². The predicted molar refractivity (Wildman–Crippen MR) is 77.2 cm³/mol. The van der Waals surface area contributed by atoms with Crippen molar-refractivity contribution >= 4 is 27.8 Å². The van der Waals surface area contributed by atoms with Crippen molar-refractivity contribution < 1.29 is 18.3 Å². The zero-order chi connectivity index (χ0) is 15.5. The summed E-state index contributed by atoms with van der Waals surface area (Å²) in [5.74, 6) is -1.05. The zero-order valence-corrected chi connectivity index (χ0v) is 11.9. The Bertz CT molecular complexity index is 776. The summed E-state index contributed by atoms with van der Waals surface area (Å²) in [6, 6.07) is 6.32. The number of sulfonamides is 1. The van der Waals surface area contributed by atoms with Gasteiger partial charge in [-0.3, -0.25) is 9.82 Å². The third kappa shape index (κ3) is 3.69. The van der Waals surface area contributed by atoms with Crippen LogP contribution in [-0.2, 0) is 14.8 Å². The van der Waals surface area contributed by atoms with Gasteiger partial charge in [-0.05, 0) is 30.7 Å². The maximum absolute atomic E-state index is 12.1. The van der Waals surface area contributed by atoms with Crippen molar-refractivity contribution in [3.05, 3.63) is 47.8 Å². The van der Waals surface area contributed by atoms with Crippen molar-refractivity contribution in [2.75, 3.05) is 4.72 Å². The summed E-state index contributed by atoms with van der Waals surface area (Å²) in [7, 11) is -3.70. The molecule has 3 N–H and O–H groups in total. The highest BCUT2D eigenvalue weighted by atomic mass is 32.2. The molecule has 0 fully saturated rings. The minimum Gasteiger partial charge on any atom is -0.478 e. The number of aliphatic carboxylic acids is 1. The Morgan fingerprint density at radius 1 is 1.33 bits per heavy atom. The third-order valence-corrected chi connectivity index (χ3v) is 4.15. The van der Waals surface area contributed by atoms with E-state index in [9.17, 15) is 13.2 Å². The number of hydrogen-bond donors (Lipinski definition) is 3. The molecule has 7 nitrogen and oxygen atoms in total. The average molecular weight is 307 g/mol. The van der Waals surface area contributed by atoms with Crippen LogP contribution >= 0.6 is 0 Å². The van der Waals surface area contributed by atoms with E-state index in [-0.39, 0.29) is 4.90 Å². The first-order valence-corrected chi connectivity index (χ1v) is 7.41. The molecule has 1 heterocycles. The summed E-state index contributed by atoms with van der Waals surface area (Å²) < 4.78 is 26.7. The molecule has 0 saturated heterocycles. The molecular weight excluding hydrogens is 294 g/mol. The molecule has 8 heteroatoms. The second-order valence-corrected chi connectivity index (χ2v) is 5.91. The van der Waals surface area contributed by atoms with E-state index in [1.54, 1.807) is 31.2 Å². The number of H-pyrrole nitrogens is 1. The number of benzene rings is 1. The molecule has 0 atom stereocenters. The quantitative estimate of drug-likeness (QED) is 0.727. The molecule has 0 aliphatic carbocycles. The normalized spacial score (nSPS) is 11.7. The third-order valence-electron chi connectivity index (χ3n) is 2.65. The van der Waals surface area contributed by atoms with Crippen LogP contribution in [0.15, 0.2) is 41.4 Å². The van der Waals surface area contributed by atoms with Gasteiger partial charge in [-0.15, -0.1) is 0 Å². The maximum atomic E-state index is 12.1. The molecule has 21 heavy (non-hydrogen) atoms. The van der Waals surface area contributed by atoms with Crippen LogP contribution < -0.4 is 4.72 Å². The van der Waals surface area contributed by atoms with Gasteiger partial charge in [-0.1, -0.05) is 12.1 Å². The zero-order valence-electron chi connectivity index (χ0n) is 11.1. The summed E-state index contributed by atoms with van der Waals surface area (Å²) in [6.07, 6.45) is 3.66. The first kappa shape index (κ1) is 14.8. The van der Waals surface area contributed by atoms with E-state index in [4.69, 9.17) is 5.11 Å². The van der Waals surface area contributed by atoms with Crippen LogP contribution in [0.25, 0.3) is 6.08 Å². The number of anilines is 1. The Balaban J connectivity index is 2.17. The number of carboxylic acid groups (broad SMARTS) is 1. The average Bonchev–Trinajstić information content (AvgIpc) is 2.84. The number of aromatic nitrogens is 2. The number of hydrogen-bond acceptors (Lipinski definition) is 4. The van der Waals surface area contributed by atoms with Gasteiger partial charge in [0.1, 0.15) is 4.90 Å². The van der Waals surface area contributed by atoms with Crippen molar-refractivity contribution in [1.82, 2.24) is 10.2 Å². The highest BCUT2D eigenvalue weighted by Gasteiger charge is 2.18. The second-order valence-electron chi connectivity index (χ2n) is 4.26. The van der Waals surface area contributed by atoms with E-state index in [0.29, 0.717) is 16.9 Å². The molecule has 1 aromatic heterocycles. The van der Waals surface area contributed by atoms with Crippen LogP contribution in [0, 0.1) is 6.92 Å². The van der Waals surface area contributed by atoms with E-state index < -0.39 is 16.0 Å². The van der Waals surface area contributed by atoms with Gasteiger partial charge in [-0.2, -0.15) is 5.10 Å². The molecular formula is C13H13N3O4S. The Hall–Kier alpha value is -2.61. The Morgan fingerprint density at radius 2 is 2.00 bits per heavy atom. The minimum atomic E-state index is -3.70. The standard InChI is InChI=1S/C13H13N3O4S/c1-9-12(8-14-15-9)21(19,20)16-11-5-2-10(3-6-11)4-7-13(17)18/h2-8,16H,1H3,(H,14,15)(H,17,18)/b7-4+. The number of aromatic amines is 1. The van der Waals surface area contributed by atoms with Crippen LogP contribution in [0.2, 0.25) is 0 Å². The molecule has 0 aliphatic rings. The van der Waals surface area contributed by atoms with Crippen molar-refractivity contribution in [2.45, 2.75) is 11.8 Å². The van der Waals surface area contributed by atoms with E-state index >= 15 is 0 Å². The number of carbonyl (C=O) groups is 1. The van der Waals surface area contributed by atoms with Gasteiger partial charge in [0, 0.05) is 11.8 Å². The van der Waals surface area contributed by atoms with E-state index in [0.717, 1.165) is 6.08 Å². The van der Waals surface area contributed by atoms with Crippen molar-refractivity contribution in [2.24, 2.45) is 0 Å². The topological polar surface area (TPSA) is 112 Å². The van der Waals surface area contributed by atoms with Crippen molar-refractivity contribution in [3.63, 3.8) is 0 Å². The number of aryl methyl sites for hydroxylation is 1. The van der Waals surface area contributed by atoms with Gasteiger partial charge in [0.05, 0.1) is 11.9 Å². The molecule has 0 unspecified atom stereocenters. The van der Waals surface area contributed by atoms with Crippen LogP contribution in [0.5, 0.6) is 0 Å². The maximum Gasteiger partial charge on any atom is 0.328 e. The number of carboxylic acids is 1. The lowest BCUT2D eigenvalue weighted by molar-refractivity contribution is -0.131. The molecule has 0 saturated carbocycles. The van der Waals surface area contributed by atoms with Gasteiger partial charge in [0.25, 0.3) is 10.0 Å². The smallest absolute Gasteiger partial charge is 0.328 e. The molecule has 2 rings (SSSR count). The summed E-state index contributed by atoms with van der Waals surface area (Å²) in [5.41, 5.74) is 1.48. The molecule has 110 valence electrons. The van der Waals surface area contributed by atoms with Crippen LogP contribution in [0.3, 0.4) is 0 Å². The summed E-state index contributed by atoms with van der Waals surface area (Å²) in [6.45, 7) is 1.61. The van der Waals surface area contributed by atoms with Gasteiger partial charge in [0.2, 0.25) is 0 Å². The molecule has 2 aromatic rings. The first-order chi connectivity index (χ1) is 9.88. The Morgan fingerprint density at radius 3 is 2.52 bits per heavy atom. The molecule has 0 aliphatic heterocycles.